The number of allylic oxidation sites excluding steroid dienone is 4. The van der Waals surface area contributed by atoms with E-state index in [0.29, 0.717) is 36.4 Å². The van der Waals surface area contributed by atoms with Gasteiger partial charge in [0.2, 0.25) is 0 Å². The van der Waals surface area contributed by atoms with Crippen molar-refractivity contribution in [2.75, 3.05) is 13.7 Å². The van der Waals surface area contributed by atoms with Crippen LogP contribution in [0.15, 0.2) is 89.3 Å². The maximum absolute atomic E-state index is 14.3. The molecule has 2 aliphatic carbocycles. The van der Waals surface area contributed by atoms with Gasteiger partial charge in [0.1, 0.15) is 6.61 Å². The first-order valence-corrected chi connectivity index (χ1v) is 17.4. The summed E-state index contributed by atoms with van der Waals surface area (Å²) in [6.07, 6.45) is 3.10. The van der Waals surface area contributed by atoms with Crippen LogP contribution < -0.4 is 9.47 Å². The topological polar surface area (TPSA) is 99.0 Å². The fraction of sp³-hybridized carbons (Fsp3) is 0.385. The zero-order chi connectivity index (χ0) is 34.4. The van der Waals surface area contributed by atoms with E-state index in [9.17, 15) is 19.7 Å². The molecule has 3 aromatic carbocycles. The van der Waals surface area contributed by atoms with Gasteiger partial charge in [-0.2, -0.15) is 0 Å². The van der Waals surface area contributed by atoms with E-state index in [1.807, 2.05) is 30.3 Å². The predicted molar refractivity (Wildman–Crippen MR) is 193 cm³/mol. The second kappa shape index (κ2) is 13.1. The van der Waals surface area contributed by atoms with Crippen LogP contribution in [0.5, 0.6) is 11.5 Å². The Morgan fingerprint density at radius 3 is 2.04 bits per heavy atom. The molecule has 3 aromatic rings. The minimum Gasteiger partial charge on any atom is -0.493 e. The van der Waals surface area contributed by atoms with Gasteiger partial charge in [0.25, 0.3) is 5.69 Å². The van der Waals surface area contributed by atoms with Crippen molar-refractivity contribution in [2.24, 2.45) is 10.8 Å². The molecule has 0 atom stereocenters. The number of methoxy groups -OCH3 is 1. The van der Waals surface area contributed by atoms with E-state index >= 15 is 0 Å². The van der Waals surface area contributed by atoms with E-state index in [-0.39, 0.29) is 34.7 Å². The molecular formula is C39H41IN2O6. The lowest BCUT2D eigenvalue weighted by molar-refractivity contribution is -0.384. The first-order chi connectivity index (χ1) is 22.8. The number of benzene rings is 3. The van der Waals surface area contributed by atoms with Crippen LogP contribution in [-0.4, -0.2) is 35.0 Å². The van der Waals surface area contributed by atoms with Gasteiger partial charge in [0.15, 0.2) is 23.1 Å². The molecule has 0 saturated heterocycles. The van der Waals surface area contributed by atoms with E-state index in [4.69, 9.17) is 9.47 Å². The summed E-state index contributed by atoms with van der Waals surface area (Å²) in [6, 6.07) is 20.6. The molecular weight excluding hydrogens is 719 g/mol. The van der Waals surface area contributed by atoms with E-state index in [1.165, 1.54) is 17.7 Å². The summed E-state index contributed by atoms with van der Waals surface area (Å²) in [5.74, 6) is 0.637. The number of nitrogens with zero attached hydrogens (tertiary/aromatic N) is 2. The van der Waals surface area contributed by atoms with Crippen LogP contribution in [0, 0.1) is 24.5 Å². The highest BCUT2D eigenvalue weighted by Gasteiger charge is 2.49. The number of hydrogen-bond donors (Lipinski definition) is 0. The maximum Gasteiger partial charge on any atom is 0.269 e. The Bertz CT molecular complexity index is 1810. The number of ketones is 2. The molecule has 3 aliphatic rings. The molecule has 0 radical (unpaired) electrons. The number of non-ortho nitro benzene ring substituents is 1. The van der Waals surface area contributed by atoms with Gasteiger partial charge in [0, 0.05) is 60.0 Å². The normalized spacial score (nSPS) is 18.8. The van der Waals surface area contributed by atoms with E-state index in [2.05, 4.69) is 67.3 Å². The predicted octanol–water partition coefficient (Wildman–Crippen LogP) is 8.72. The monoisotopic (exact) mass is 760 g/mol. The Labute approximate surface area is 295 Å². The summed E-state index contributed by atoms with van der Waals surface area (Å²) < 4.78 is 12.8. The fourth-order valence-corrected chi connectivity index (χ4v) is 8.28. The Morgan fingerprint density at radius 2 is 1.46 bits per heavy atom. The summed E-state index contributed by atoms with van der Waals surface area (Å²) in [7, 11) is 1.57. The lowest BCUT2D eigenvalue weighted by Gasteiger charge is -2.49. The van der Waals surface area contributed by atoms with Gasteiger partial charge in [-0.15, -0.1) is 0 Å². The van der Waals surface area contributed by atoms with Crippen molar-refractivity contribution in [3.63, 3.8) is 0 Å². The van der Waals surface area contributed by atoms with Crippen LogP contribution in [-0.2, 0) is 22.6 Å². The van der Waals surface area contributed by atoms with Crippen LogP contribution in [0.3, 0.4) is 0 Å². The van der Waals surface area contributed by atoms with Crippen LogP contribution in [0.4, 0.5) is 5.69 Å². The van der Waals surface area contributed by atoms with Gasteiger partial charge < -0.3 is 14.4 Å². The van der Waals surface area contributed by atoms with Crippen LogP contribution in [0.2, 0.25) is 0 Å². The number of carbonyl (C=O) groups excluding carboxylic acids is 2. The Morgan fingerprint density at radius 1 is 0.854 bits per heavy atom. The highest BCUT2D eigenvalue weighted by atomic mass is 127. The van der Waals surface area contributed by atoms with Gasteiger partial charge in [-0.1, -0.05) is 70.2 Å². The average molecular weight is 761 g/mol. The second-order valence-electron chi connectivity index (χ2n) is 14.7. The Kier molecular flexibility index (Phi) is 9.28. The zero-order valence-electron chi connectivity index (χ0n) is 28.1. The molecule has 0 spiro atoms. The van der Waals surface area contributed by atoms with Crippen molar-refractivity contribution >= 4 is 39.8 Å². The van der Waals surface area contributed by atoms with Crippen molar-refractivity contribution in [2.45, 2.75) is 72.3 Å². The third kappa shape index (κ3) is 6.79. The van der Waals surface area contributed by atoms with E-state index < -0.39 is 10.8 Å². The maximum atomic E-state index is 14.3. The third-order valence-electron chi connectivity index (χ3n) is 9.58. The summed E-state index contributed by atoms with van der Waals surface area (Å²) >= 11 is 2.21. The molecule has 0 amide bonds. The van der Waals surface area contributed by atoms with Gasteiger partial charge in [0.05, 0.1) is 15.6 Å². The van der Waals surface area contributed by atoms with Gasteiger partial charge in [-0.05, 0) is 81.5 Å². The highest BCUT2D eigenvalue weighted by molar-refractivity contribution is 14.1. The number of Topliss-reactive ketones (excluding diaryl/α,β-unsaturated/α-hetero) is 2. The van der Waals surface area contributed by atoms with E-state index in [0.717, 1.165) is 50.9 Å². The fourth-order valence-electron chi connectivity index (χ4n) is 7.50. The summed E-state index contributed by atoms with van der Waals surface area (Å²) in [5, 5.41) is 11.3. The lowest BCUT2D eigenvalue weighted by atomic mass is 9.63. The molecule has 48 heavy (non-hydrogen) atoms. The Balaban J connectivity index is 1.45. The van der Waals surface area contributed by atoms with E-state index in [1.54, 1.807) is 19.2 Å². The van der Waals surface area contributed by atoms with Gasteiger partial charge in [-0.3, -0.25) is 19.7 Å². The summed E-state index contributed by atoms with van der Waals surface area (Å²) in [4.78, 5) is 41.7. The molecule has 0 aromatic heterocycles. The molecule has 0 unspecified atom stereocenters. The number of nitro groups is 1. The number of rotatable bonds is 9. The van der Waals surface area contributed by atoms with Crippen molar-refractivity contribution in [1.29, 1.82) is 0 Å². The zero-order valence-corrected chi connectivity index (χ0v) is 30.3. The van der Waals surface area contributed by atoms with Crippen LogP contribution >= 0.6 is 22.6 Å². The first-order valence-electron chi connectivity index (χ1n) is 16.3. The number of halogens is 1. The summed E-state index contributed by atoms with van der Waals surface area (Å²) in [6.45, 7) is 9.40. The second-order valence-corrected chi connectivity index (χ2v) is 15.8. The minimum absolute atomic E-state index is 0.00275. The lowest BCUT2D eigenvalue weighted by Crippen LogP contribution is -2.45. The minimum atomic E-state index is -0.511. The SMILES string of the molecule is COc1cc(C2C3=C(CC(C)(C)CC3=O)N(CCc3ccccc3)C3=C2C(=O)CC(C)(C)C3)cc(I)c1OCc1cccc([N+](=O)[O-])c1. The van der Waals surface area contributed by atoms with Crippen molar-refractivity contribution in [3.05, 3.63) is 120 Å². The quantitative estimate of drug-likeness (QED) is 0.122. The molecule has 1 heterocycles. The number of hydrogen-bond acceptors (Lipinski definition) is 7. The highest BCUT2D eigenvalue weighted by Crippen LogP contribution is 2.55. The number of ether oxygens (including phenoxy) is 2. The standard InChI is InChI=1S/C39H41IN2O6/c1-38(2)19-29-35(31(43)21-38)34(36-30(20-39(3,4)22-32(36)44)41(29)15-14-24-10-7-6-8-11-24)26-17-28(40)37(33(18-26)47-5)48-23-25-12-9-13-27(16-25)42(45)46/h6-13,16-18,34H,14-15,19-23H2,1-5H3. The van der Waals surface area contributed by atoms with Crippen molar-refractivity contribution in [1.82, 2.24) is 4.90 Å². The van der Waals surface area contributed by atoms with Gasteiger partial charge in [-0.25, -0.2) is 0 Å². The molecule has 1 aliphatic heterocycles. The molecule has 0 fully saturated rings. The van der Waals surface area contributed by atoms with Crippen LogP contribution in [0.25, 0.3) is 0 Å². The van der Waals surface area contributed by atoms with Crippen LogP contribution in [0.1, 0.15) is 76.0 Å². The smallest absolute Gasteiger partial charge is 0.269 e. The average Bonchev–Trinajstić information content (AvgIpc) is 3.02. The Hall–Kier alpha value is -3.99. The molecule has 0 N–H and O–H groups in total. The summed E-state index contributed by atoms with van der Waals surface area (Å²) in [5.41, 5.74) is 5.76. The first kappa shape index (κ1) is 33.9. The number of nitro benzene ring substituents is 1. The van der Waals surface area contributed by atoms with Crippen molar-refractivity contribution < 1.29 is 24.0 Å². The molecule has 9 heteroatoms. The third-order valence-corrected chi connectivity index (χ3v) is 10.4. The largest absolute Gasteiger partial charge is 0.493 e. The molecule has 6 rings (SSSR count). The van der Waals surface area contributed by atoms with Gasteiger partial charge >= 0.3 is 0 Å². The number of carbonyl (C=O) groups is 2. The molecule has 0 saturated carbocycles. The molecule has 250 valence electrons. The van der Waals surface area contributed by atoms with Crippen molar-refractivity contribution in [3.8, 4) is 11.5 Å². The molecule has 0 bridgehead atoms. The molecule has 8 nitrogen and oxygen atoms in total.